The van der Waals surface area contributed by atoms with Crippen molar-refractivity contribution in [2.45, 2.75) is 20.3 Å². The Labute approximate surface area is 113 Å². The van der Waals surface area contributed by atoms with Gasteiger partial charge < -0.3 is 15.5 Å². The lowest BCUT2D eigenvalue weighted by atomic mass is 10.4. The molecule has 18 heavy (non-hydrogen) atoms. The van der Waals surface area contributed by atoms with Gasteiger partial charge in [-0.2, -0.15) is 0 Å². The summed E-state index contributed by atoms with van der Waals surface area (Å²) < 4.78 is 0. The minimum absolute atomic E-state index is 0.0337. The number of rotatable bonds is 7. The highest BCUT2D eigenvalue weighted by atomic mass is 32.1. The summed E-state index contributed by atoms with van der Waals surface area (Å²) in [5, 5.41) is 6.60. The molecule has 0 spiro atoms. The van der Waals surface area contributed by atoms with Gasteiger partial charge in [-0.05, 0) is 47.5 Å². The fraction of sp³-hybridized carbons (Fsp3) is 0.667. The molecule has 0 aliphatic carbocycles. The number of aromatic nitrogens is 1. The Bertz CT molecular complexity index is 370. The van der Waals surface area contributed by atoms with Crippen LogP contribution >= 0.6 is 11.3 Å². The van der Waals surface area contributed by atoms with E-state index in [9.17, 15) is 4.79 Å². The molecule has 0 saturated carbocycles. The largest absolute Gasteiger partial charge is 0.309 e. The first-order valence-corrected chi connectivity index (χ1v) is 6.90. The van der Waals surface area contributed by atoms with Crippen LogP contribution in [0.25, 0.3) is 0 Å². The van der Waals surface area contributed by atoms with Crippen LogP contribution in [0.3, 0.4) is 0 Å². The predicted octanol–water partition coefficient (Wildman–Crippen LogP) is 1.24. The van der Waals surface area contributed by atoms with Crippen molar-refractivity contribution in [2.75, 3.05) is 39.0 Å². The molecule has 6 heteroatoms. The third-order valence-electron chi connectivity index (χ3n) is 2.52. The van der Waals surface area contributed by atoms with Gasteiger partial charge in [-0.25, -0.2) is 4.98 Å². The molecule has 0 atom stereocenters. The molecular weight excluding hydrogens is 248 g/mol. The van der Waals surface area contributed by atoms with Crippen molar-refractivity contribution < 1.29 is 4.79 Å². The van der Waals surface area contributed by atoms with Gasteiger partial charge in [0, 0.05) is 4.88 Å². The number of amides is 1. The molecule has 0 saturated heterocycles. The number of thiazole rings is 1. The van der Waals surface area contributed by atoms with Crippen LogP contribution in [0.4, 0.5) is 5.13 Å². The first-order chi connectivity index (χ1) is 8.49. The molecule has 1 heterocycles. The topological polar surface area (TPSA) is 57.3 Å². The number of carbonyl (C=O) groups excluding carboxylic acids is 1. The summed E-state index contributed by atoms with van der Waals surface area (Å²) in [4.78, 5) is 19.2. The van der Waals surface area contributed by atoms with Crippen molar-refractivity contribution >= 4 is 22.4 Å². The summed E-state index contributed by atoms with van der Waals surface area (Å²) in [5.74, 6) is -0.0337. The SMILES string of the molecule is Cc1nc(NC(=O)CNCCCN(C)C)sc1C. The standard InChI is InChI=1S/C12H22N4OS/c1-9-10(2)18-12(14-9)15-11(17)8-13-6-5-7-16(3)4/h13H,5-8H2,1-4H3,(H,14,15,17). The summed E-state index contributed by atoms with van der Waals surface area (Å²) in [6.45, 7) is 6.16. The lowest BCUT2D eigenvalue weighted by Gasteiger charge is -2.09. The Morgan fingerprint density at radius 1 is 1.39 bits per heavy atom. The van der Waals surface area contributed by atoms with Crippen LogP contribution in [0.15, 0.2) is 0 Å². The molecule has 1 amide bonds. The minimum atomic E-state index is -0.0337. The second-order valence-electron chi connectivity index (χ2n) is 4.54. The molecule has 102 valence electrons. The maximum atomic E-state index is 11.6. The van der Waals surface area contributed by atoms with Crippen molar-refractivity contribution in [2.24, 2.45) is 0 Å². The van der Waals surface area contributed by atoms with E-state index in [1.165, 1.54) is 11.3 Å². The fourth-order valence-electron chi connectivity index (χ4n) is 1.41. The highest BCUT2D eigenvalue weighted by molar-refractivity contribution is 7.15. The number of anilines is 1. The lowest BCUT2D eigenvalue weighted by Crippen LogP contribution is -2.30. The zero-order valence-corrected chi connectivity index (χ0v) is 12.4. The summed E-state index contributed by atoms with van der Waals surface area (Å²) in [6.07, 6.45) is 1.04. The quantitative estimate of drug-likeness (QED) is 0.732. The zero-order valence-electron chi connectivity index (χ0n) is 11.5. The number of hydrogen-bond acceptors (Lipinski definition) is 5. The molecule has 0 radical (unpaired) electrons. The summed E-state index contributed by atoms with van der Waals surface area (Å²) in [6, 6.07) is 0. The molecule has 0 bridgehead atoms. The summed E-state index contributed by atoms with van der Waals surface area (Å²) >= 11 is 1.51. The van der Waals surface area contributed by atoms with Crippen LogP contribution in [-0.2, 0) is 4.79 Å². The van der Waals surface area contributed by atoms with E-state index in [1.54, 1.807) is 0 Å². The van der Waals surface area contributed by atoms with Gasteiger partial charge in [0.1, 0.15) is 0 Å². The first kappa shape index (κ1) is 15.1. The minimum Gasteiger partial charge on any atom is -0.309 e. The van der Waals surface area contributed by atoms with Gasteiger partial charge in [0.15, 0.2) is 5.13 Å². The second kappa shape index (κ2) is 7.45. The van der Waals surface area contributed by atoms with Crippen LogP contribution in [0, 0.1) is 13.8 Å². The second-order valence-corrected chi connectivity index (χ2v) is 5.75. The molecule has 1 aromatic rings. The Balaban J connectivity index is 2.18. The molecule has 2 N–H and O–H groups in total. The van der Waals surface area contributed by atoms with E-state index in [4.69, 9.17) is 0 Å². The van der Waals surface area contributed by atoms with Crippen molar-refractivity contribution in [1.29, 1.82) is 0 Å². The maximum absolute atomic E-state index is 11.6. The number of nitrogens with zero attached hydrogens (tertiary/aromatic N) is 2. The normalized spacial score (nSPS) is 10.9. The number of hydrogen-bond donors (Lipinski definition) is 2. The molecule has 1 rings (SSSR count). The summed E-state index contributed by atoms with van der Waals surface area (Å²) in [7, 11) is 4.08. The third-order valence-corrected chi connectivity index (χ3v) is 3.51. The van der Waals surface area contributed by atoms with Crippen LogP contribution < -0.4 is 10.6 Å². The Hall–Kier alpha value is -0.980. The van der Waals surface area contributed by atoms with Gasteiger partial charge in [-0.15, -0.1) is 11.3 Å². The van der Waals surface area contributed by atoms with E-state index in [-0.39, 0.29) is 5.91 Å². The Morgan fingerprint density at radius 3 is 2.67 bits per heavy atom. The first-order valence-electron chi connectivity index (χ1n) is 6.08. The summed E-state index contributed by atoms with van der Waals surface area (Å²) in [5.41, 5.74) is 0.981. The van der Waals surface area contributed by atoms with Crippen molar-refractivity contribution in [1.82, 2.24) is 15.2 Å². The van der Waals surface area contributed by atoms with E-state index >= 15 is 0 Å². The van der Waals surface area contributed by atoms with Crippen molar-refractivity contribution in [3.8, 4) is 0 Å². The molecule has 0 unspecified atom stereocenters. The van der Waals surface area contributed by atoms with E-state index in [2.05, 4.69) is 20.5 Å². The predicted molar refractivity (Wildman–Crippen MR) is 76.3 cm³/mol. The average Bonchev–Trinajstić information content (AvgIpc) is 2.56. The van der Waals surface area contributed by atoms with Gasteiger partial charge >= 0.3 is 0 Å². The number of aryl methyl sites for hydroxylation is 2. The molecule has 0 aromatic carbocycles. The molecule has 0 aliphatic heterocycles. The van der Waals surface area contributed by atoms with E-state index < -0.39 is 0 Å². The van der Waals surface area contributed by atoms with Crippen LogP contribution in [0.2, 0.25) is 0 Å². The highest BCUT2D eigenvalue weighted by Crippen LogP contribution is 2.20. The number of nitrogens with one attached hydrogen (secondary N) is 2. The monoisotopic (exact) mass is 270 g/mol. The average molecular weight is 270 g/mol. The van der Waals surface area contributed by atoms with Crippen LogP contribution in [0.1, 0.15) is 17.0 Å². The molecule has 0 aliphatic rings. The molecule has 1 aromatic heterocycles. The molecular formula is C12H22N4OS. The van der Waals surface area contributed by atoms with Crippen molar-refractivity contribution in [3.63, 3.8) is 0 Å². The van der Waals surface area contributed by atoms with E-state index in [0.717, 1.165) is 30.1 Å². The Morgan fingerprint density at radius 2 is 2.11 bits per heavy atom. The van der Waals surface area contributed by atoms with E-state index in [0.29, 0.717) is 11.7 Å². The molecule has 5 nitrogen and oxygen atoms in total. The third kappa shape index (κ3) is 5.57. The van der Waals surface area contributed by atoms with Crippen LogP contribution in [-0.4, -0.2) is 49.5 Å². The van der Waals surface area contributed by atoms with Gasteiger partial charge in [0.25, 0.3) is 0 Å². The van der Waals surface area contributed by atoms with Gasteiger partial charge in [0.2, 0.25) is 5.91 Å². The lowest BCUT2D eigenvalue weighted by molar-refractivity contribution is -0.115. The van der Waals surface area contributed by atoms with Gasteiger partial charge in [-0.3, -0.25) is 4.79 Å². The zero-order chi connectivity index (χ0) is 13.5. The Kier molecular flexibility index (Phi) is 6.24. The molecule has 0 fully saturated rings. The van der Waals surface area contributed by atoms with Crippen molar-refractivity contribution in [3.05, 3.63) is 10.6 Å². The maximum Gasteiger partial charge on any atom is 0.240 e. The number of carbonyl (C=O) groups is 1. The van der Waals surface area contributed by atoms with E-state index in [1.807, 2.05) is 27.9 Å². The smallest absolute Gasteiger partial charge is 0.240 e. The fourth-order valence-corrected chi connectivity index (χ4v) is 2.24. The van der Waals surface area contributed by atoms with Crippen LogP contribution in [0.5, 0.6) is 0 Å². The van der Waals surface area contributed by atoms with Gasteiger partial charge in [0.05, 0.1) is 12.2 Å². The highest BCUT2D eigenvalue weighted by Gasteiger charge is 2.07. The van der Waals surface area contributed by atoms with Gasteiger partial charge in [-0.1, -0.05) is 0 Å².